The molecule has 43 heavy (non-hydrogen) atoms. The number of carbonyl (C=O) groups excluding carboxylic acids is 1. The van der Waals surface area contributed by atoms with Crippen molar-refractivity contribution in [2.75, 3.05) is 18.5 Å². The average Bonchev–Trinajstić information content (AvgIpc) is 3.02. The molecule has 0 aliphatic heterocycles. The summed E-state index contributed by atoms with van der Waals surface area (Å²) in [5.74, 6) is 1.57. The monoisotopic (exact) mass is 578 g/mol. The number of aromatic nitrogens is 2. The van der Waals surface area contributed by atoms with Crippen LogP contribution in [0.15, 0.2) is 83.2 Å². The van der Waals surface area contributed by atoms with Gasteiger partial charge >= 0.3 is 0 Å². The van der Waals surface area contributed by atoms with Crippen LogP contribution in [0.4, 0.5) is 5.69 Å². The number of aryl methyl sites for hydroxylation is 1. The predicted octanol–water partition coefficient (Wildman–Crippen LogP) is 6.78. The number of hydrogen-bond donors (Lipinski definition) is 1. The zero-order chi connectivity index (χ0) is 30.2. The summed E-state index contributed by atoms with van der Waals surface area (Å²) < 4.78 is 13.4. The lowest BCUT2D eigenvalue weighted by Crippen LogP contribution is -2.25. The van der Waals surface area contributed by atoms with Crippen molar-refractivity contribution in [3.05, 3.63) is 106 Å². The first-order valence-electron chi connectivity index (χ1n) is 14.9. The lowest BCUT2D eigenvalue weighted by atomic mass is 9.88. The minimum Gasteiger partial charge on any atom is -0.490 e. The molecule has 8 nitrogen and oxygen atoms in total. The number of allylic oxidation sites excluding steroid dienone is 1. The SMILES string of the molecule is C=CCc1cc(C=Nn2c(C3CCCCC3)nc3ccccc3c2=O)cc(OCC)c1OCC(=O)Nc1ccc(C)cc1. The number of para-hydroxylation sites is 1. The molecule has 1 N–H and O–H groups in total. The number of carbonyl (C=O) groups is 1. The number of fused-ring (bicyclic) bond motifs is 1. The first-order chi connectivity index (χ1) is 21.0. The summed E-state index contributed by atoms with van der Waals surface area (Å²) in [6, 6.07) is 18.7. The Labute approximate surface area is 252 Å². The average molecular weight is 579 g/mol. The summed E-state index contributed by atoms with van der Waals surface area (Å²) in [4.78, 5) is 31.2. The van der Waals surface area contributed by atoms with Crippen molar-refractivity contribution >= 4 is 28.7 Å². The second-order valence-electron chi connectivity index (χ2n) is 10.8. The predicted molar refractivity (Wildman–Crippen MR) is 172 cm³/mol. The van der Waals surface area contributed by atoms with Gasteiger partial charge in [0.15, 0.2) is 18.1 Å². The normalized spacial score (nSPS) is 13.7. The number of nitrogens with one attached hydrogen (secondary N) is 1. The van der Waals surface area contributed by atoms with Crippen molar-refractivity contribution < 1.29 is 14.3 Å². The lowest BCUT2D eigenvalue weighted by molar-refractivity contribution is -0.118. The fraction of sp³-hybridized carbons (Fsp3) is 0.314. The van der Waals surface area contributed by atoms with Gasteiger partial charge in [0.25, 0.3) is 11.5 Å². The summed E-state index contributed by atoms with van der Waals surface area (Å²) in [5, 5.41) is 8.09. The molecule has 1 aromatic heterocycles. The summed E-state index contributed by atoms with van der Waals surface area (Å²) >= 11 is 0. The van der Waals surface area contributed by atoms with Gasteiger partial charge < -0.3 is 14.8 Å². The largest absolute Gasteiger partial charge is 0.490 e. The van der Waals surface area contributed by atoms with Gasteiger partial charge in [-0.2, -0.15) is 9.78 Å². The Morgan fingerprint density at radius 1 is 1.09 bits per heavy atom. The Bertz CT molecular complexity index is 1690. The third-order valence-electron chi connectivity index (χ3n) is 7.57. The number of benzene rings is 3. The second kappa shape index (κ2) is 14.0. The van der Waals surface area contributed by atoms with E-state index < -0.39 is 0 Å². The topological polar surface area (TPSA) is 94.8 Å². The summed E-state index contributed by atoms with van der Waals surface area (Å²) in [7, 11) is 0. The number of anilines is 1. The van der Waals surface area contributed by atoms with E-state index in [1.165, 1.54) is 11.1 Å². The quantitative estimate of drug-likeness (QED) is 0.156. The molecular weight excluding hydrogens is 540 g/mol. The zero-order valence-corrected chi connectivity index (χ0v) is 24.8. The molecule has 1 heterocycles. The standard InChI is InChI=1S/C35H38N4O4/c1-4-11-27-20-25(21-31(42-5-2)33(27)43-23-32(40)37-28-18-16-24(3)17-19-28)22-36-39-34(26-12-7-6-8-13-26)38-30-15-10-9-14-29(30)35(39)41/h4,9-10,14-22,26H,1,5-8,11-13,23H2,2-3H3,(H,37,40). The minimum atomic E-state index is -0.278. The molecule has 1 saturated carbocycles. The smallest absolute Gasteiger partial charge is 0.282 e. The Kier molecular flexibility index (Phi) is 9.66. The maximum absolute atomic E-state index is 13.6. The molecule has 0 atom stereocenters. The lowest BCUT2D eigenvalue weighted by Gasteiger charge is -2.22. The molecule has 8 heteroatoms. The van der Waals surface area contributed by atoms with Crippen LogP contribution in [-0.2, 0) is 11.2 Å². The Morgan fingerprint density at radius 2 is 1.86 bits per heavy atom. The van der Waals surface area contributed by atoms with E-state index >= 15 is 0 Å². The van der Waals surface area contributed by atoms with Crippen LogP contribution >= 0.6 is 0 Å². The van der Waals surface area contributed by atoms with Crippen LogP contribution in [0, 0.1) is 6.92 Å². The van der Waals surface area contributed by atoms with E-state index in [-0.39, 0.29) is 24.0 Å². The Balaban J connectivity index is 1.46. The van der Waals surface area contributed by atoms with Gasteiger partial charge in [0.1, 0.15) is 5.82 Å². The van der Waals surface area contributed by atoms with E-state index in [2.05, 4.69) is 11.9 Å². The Hall–Kier alpha value is -4.72. The maximum Gasteiger partial charge on any atom is 0.282 e. The van der Waals surface area contributed by atoms with Crippen LogP contribution in [0.5, 0.6) is 11.5 Å². The molecule has 0 unspecified atom stereocenters. The van der Waals surface area contributed by atoms with Crippen molar-refractivity contribution in [1.82, 2.24) is 9.66 Å². The summed E-state index contributed by atoms with van der Waals surface area (Å²) in [5.41, 5.74) is 3.85. The molecule has 1 aliphatic rings. The molecule has 222 valence electrons. The summed E-state index contributed by atoms with van der Waals surface area (Å²) in [6.45, 7) is 7.99. The maximum atomic E-state index is 13.6. The number of rotatable bonds is 11. The van der Waals surface area contributed by atoms with Crippen molar-refractivity contribution in [3.8, 4) is 11.5 Å². The van der Waals surface area contributed by atoms with E-state index in [1.807, 2.05) is 68.4 Å². The molecule has 0 saturated heterocycles. The summed E-state index contributed by atoms with van der Waals surface area (Å²) in [6.07, 6.45) is 9.32. The van der Waals surface area contributed by atoms with Crippen molar-refractivity contribution in [2.45, 2.75) is 58.3 Å². The number of amides is 1. The molecule has 1 aliphatic carbocycles. The van der Waals surface area contributed by atoms with Gasteiger partial charge in [-0.15, -0.1) is 6.58 Å². The van der Waals surface area contributed by atoms with E-state index in [0.717, 1.165) is 42.4 Å². The van der Waals surface area contributed by atoms with Crippen LogP contribution in [-0.4, -0.2) is 35.0 Å². The molecule has 1 amide bonds. The fourth-order valence-corrected chi connectivity index (χ4v) is 5.47. The van der Waals surface area contributed by atoms with Gasteiger partial charge in [0.05, 0.1) is 23.7 Å². The van der Waals surface area contributed by atoms with E-state index in [0.29, 0.717) is 46.9 Å². The molecule has 3 aromatic carbocycles. The second-order valence-corrected chi connectivity index (χ2v) is 10.8. The van der Waals surface area contributed by atoms with Crippen LogP contribution < -0.4 is 20.3 Å². The van der Waals surface area contributed by atoms with Crippen LogP contribution in [0.1, 0.15) is 67.5 Å². The molecule has 0 spiro atoms. The van der Waals surface area contributed by atoms with Gasteiger partial charge in [0.2, 0.25) is 0 Å². The zero-order valence-electron chi connectivity index (χ0n) is 24.8. The van der Waals surface area contributed by atoms with E-state index in [4.69, 9.17) is 19.6 Å². The van der Waals surface area contributed by atoms with Crippen LogP contribution in [0.25, 0.3) is 10.9 Å². The molecule has 4 aromatic rings. The number of nitrogens with zero attached hydrogens (tertiary/aromatic N) is 3. The van der Waals surface area contributed by atoms with Gasteiger partial charge in [-0.05, 0) is 75.1 Å². The van der Waals surface area contributed by atoms with E-state index in [9.17, 15) is 9.59 Å². The molecule has 5 rings (SSSR count). The van der Waals surface area contributed by atoms with E-state index in [1.54, 1.807) is 18.4 Å². The van der Waals surface area contributed by atoms with Gasteiger partial charge in [0, 0.05) is 17.2 Å². The van der Waals surface area contributed by atoms with Crippen LogP contribution in [0.2, 0.25) is 0 Å². The van der Waals surface area contributed by atoms with Gasteiger partial charge in [-0.25, -0.2) is 4.98 Å². The third-order valence-corrected chi connectivity index (χ3v) is 7.57. The first kappa shape index (κ1) is 29.8. The van der Waals surface area contributed by atoms with Crippen LogP contribution in [0.3, 0.4) is 0 Å². The highest BCUT2D eigenvalue weighted by molar-refractivity contribution is 5.92. The molecule has 0 radical (unpaired) electrons. The number of ether oxygens (including phenoxy) is 2. The fourth-order valence-electron chi connectivity index (χ4n) is 5.47. The highest BCUT2D eigenvalue weighted by Gasteiger charge is 2.22. The van der Waals surface area contributed by atoms with Crippen molar-refractivity contribution in [2.24, 2.45) is 5.10 Å². The molecular formula is C35H38N4O4. The molecule has 1 fully saturated rings. The highest BCUT2D eigenvalue weighted by Crippen LogP contribution is 2.34. The first-order valence-corrected chi connectivity index (χ1v) is 14.9. The third kappa shape index (κ3) is 7.20. The highest BCUT2D eigenvalue weighted by atomic mass is 16.5. The molecule has 0 bridgehead atoms. The van der Waals surface area contributed by atoms with Gasteiger partial charge in [-0.3, -0.25) is 9.59 Å². The Morgan fingerprint density at radius 3 is 2.60 bits per heavy atom. The number of hydrogen-bond acceptors (Lipinski definition) is 6. The van der Waals surface area contributed by atoms with Crippen molar-refractivity contribution in [1.29, 1.82) is 0 Å². The van der Waals surface area contributed by atoms with Gasteiger partial charge in [-0.1, -0.05) is 55.2 Å². The minimum absolute atomic E-state index is 0.181. The van der Waals surface area contributed by atoms with Crippen molar-refractivity contribution in [3.63, 3.8) is 0 Å².